The van der Waals surface area contributed by atoms with E-state index in [-0.39, 0.29) is 6.10 Å². The maximum Gasteiger partial charge on any atom is 0.0790 e. The fourth-order valence-electron chi connectivity index (χ4n) is 2.65. The molecule has 1 aliphatic carbocycles. The van der Waals surface area contributed by atoms with Crippen molar-refractivity contribution in [3.05, 3.63) is 35.4 Å². The third-order valence-electron chi connectivity index (χ3n) is 3.79. The first kappa shape index (κ1) is 11.7. The predicted molar refractivity (Wildman–Crippen MR) is 67.3 cm³/mol. The Morgan fingerprint density at radius 3 is 2.44 bits per heavy atom. The molecule has 1 N–H and O–H groups in total. The second-order valence-corrected chi connectivity index (χ2v) is 5.15. The van der Waals surface area contributed by atoms with E-state index >= 15 is 0 Å². The highest BCUT2D eigenvalue weighted by atomic mass is 16.3. The van der Waals surface area contributed by atoms with Crippen molar-refractivity contribution >= 4 is 0 Å². The molecule has 0 saturated heterocycles. The summed E-state index contributed by atoms with van der Waals surface area (Å²) < 4.78 is 0. The fourth-order valence-corrected chi connectivity index (χ4v) is 2.65. The molecule has 1 saturated carbocycles. The number of aryl methyl sites for hydroxylation is 1. The van der Waals surface area contributed by atoms with E-state index in [0.29, 0.717) is 0 Å². The summed E-state index contributed by atoms with van der Waals surface area (Å²) in [7, 11) is 0. The molecule has 0 spiro atoms. The summed E-state index contributed by atoms with van der Waals surface area (Å²) in [6, 6.07) is 8.26. The molecule has 0 bridgehead atoms. The van der Waals surface area contributed by atoms with Gasteiger partial charge in [0, 0.05) is 0 Å². The van der Waals surface area contributed by atoms with Crippen LogP contribution in [0.15, 0.2) is 24.3 Å². The highest BCUT2D eigenvalue weighted by Gasteiger charge is 2.16. The van der Waals surface area contributed by atoms with E-state index in [1.54, 1.807) is 0 Å². The van der Waals surface area contributed by atoms with Gasteiger partial charge in [0.15, 0.2) is 0 Å². The van der Waals surface area contributed by atoms with Gasteiger partial charge < -0.3 is 5.11 Å². The molecule has 16 heavy (non-hydrogen) atoms. The predicted octanol–water partition coefficient (Wildman–Crippen LogP) is 4.00. The zero-order valence-corrected chi connectivity index (χ0v) is 10.2. The van der Waals surface area contributed by atoms with Crippen LogP contribution >= 0.6 is 0 Å². The molecule has 1 aromatic rings. The van der Waals surface area contributed by atoms with Crippen LogP contribution in [0.25, 0.3) is 0 Å². The standard InChI is InChI=1S/C15H22O/c1-12-6-9-14(10-7-12)15(16)11-8-13-4-2-3-5-13/h6-7,9-10,13,15-16H,2-5,8,11H2,1H3. The van der Waals surface area contributed by atoms with E-state index in [1.165, 1.54) is 37.7 Å². The molecule has 1 aliphatic rings. The summed E-state index contributed by atoms with van der Waals surface area (Å²) in [5.74, 6) is 0.875. The van der Waals surface area contributed by atoms with Crippen LogP contribution in [0.1, 0.15) is 55.8 Å². The average molecular weight is 218 g/mol. The van der Waals surface area contributed by atoms with Crippen LogP contribution < -0.4 is 0 Å². The molecule has 1 heteroatoms. The lowest BCUT2D eigenvalue weighted by Crippen LogP contribution is -2.01. The molecule has 2 rings (SSSR count). The van der Waals surface area contributed by atoms with Gasteiger partial charge in [-0.3, -0.25) is 0 Å². The highest BCUT2D eigenvalue weighted by Crippen LogP contribution is 2.31. The molecular formula is C15H22O. The van der Waals surface area contributed by atoms with E-state index in [1.807, 2.05) is 0 Å². The van der Waals surface area contributed by atoms with E-state index < -0.39 is 0 Å². The zero-order valence-electron chi connectivity index (χ0n) is 10.2. The summed E-state index contributed by atoms with van der Waals surface area (Å²) in [4.78, 5) is 0. The Hall–Kier alpha value is -0.820. The number of rotatable bonds is 4. The number of aliphatic hydroxyl groups excluding tert-OH is 1. The Labute approximate surface area is 98.5 Å². The van der Waals surface area contributed by atoms with Gasteiger partial charge in [0.2, 0.25) is 0 Å². The van der Waals surface area contributed by atoms with Gasteiger partial charge in [-0.1, -0.05) is 55.5 Å². The van der Waals surface area contributed by atoms with Crippen molar-refractivity contribution in [2.75, 3.05) is 0 Å². The Balaban J connectivity index is 1.82. The normalized spacial score (nSPS) is 18.9. The van der Waals surface area contributed by atoms with Crippen LogP contribution in [0.3, 0.4) is 0 Å². The van der Waals surface area contributed by atoms with Crippen molar-refractivity contribution in [1.82, 2.24) is 0 Å². The van der Waals surface area contributed by atoms with Gasteiger partial charge in [-0.15, -0.1) is 0 Å². The van der Waals surface area contributed by atoms with Crippen molar-refractivity contribution in [1.29, 1.82) is 0 Å². The third kappa shape index (κ3) is 3.08. The minimum Gasteiger partial charge on any atom is -0.388 e. The minimum absolute atomic E-state index is 0.263. The lowest BCUT2D eigenvalue weighted by atomic mass is 9.96. The van der Waals surface area contributed by atoms with E-state index in [2.05, 4.69) is 31.2 Å². The maximum atomic E-state index is 10.1. The Morgan fingerprint density at radius 2 is 1.81 bits per heavy atom. The van der Waals surface area contributed by atoms with Crippen LogP contribution in [0.2, 0.25) is 0 Å². The molecule has 0 heterocycles. The van der Waals surface area contributed by atoms with Gasteiger partial charge in [0.1, 0.15) is 0 Å². The Bertz CT molecular complexity index is 309. The van der Waals surface area contributed by atoms with Gasteiger partial charge in [-0.2, -0.15) is 0 Å². The third-order valence-corrected chi connectivity index (χ3v) is 3.79. The summed E-state index contributed by atoms with van der Waals surface area (Å²) in [5.41, 5.74) is 2.33. The largest absolute Gasteiger partial charge is 0.388 e. The number of hydrogen-bond acceptors (Lipinski definition) is 1. The molecule has 0 aromatic heterocycles. The Morgan fingerprint density at radius 1 is 1.19 bits per heavy atom. The van der Waals surface area contributed by atoms with Crippen LogP contribution in [-0.4, -0.2) is 5.11 Å². The maximum absolute atomic E-state index is 10.1. The molecule has 0 amide bonds. The summed E-state index contributed by atoms with van der Waals surface area (Å²) >= 11 is 0. The monoisotopic (exact) mass is 218 g/mol. The average Bonchev–Trinajstić information content (AvgIpc) is 2.80. The van der Waals surface area contributed by atoms with Crippen LogP contribution in [0.5, 0.6) is 0 Å². The lowest BCUT2D eigenvalue weighted by molar-refractivity contribution is 0.157. The van der Waals surface area contributed by atoms with E-state index in [9.17, 15) is 5.11 Å². The molecule has 1 aromatic carbocycles. The van der Waals surface area contributed by atoms with Gasteiger partial charge in [0.05, 0.1) is 6.10 Å². The molecule has 1 unspecified atom stereocenters. The topological polar surface area (TPSA) is 20.2 Å². The molecule has 88 valence electrons. The quantitative estimate of drug-likeness (QED) is 0.810. The van der Waals surface area contributed by atoms with Crippen LogP contribution in [0, 0.1) is 12.8 Å². The van der Waals surface area contributed by atoms with Gasteiger partial charge in [0.25, 0.3) is 0 Å². The van der Waals surface area contributed by atoms with Crippen molar-refractivity contribution in [3.63, 3.8) is 0 Å². The molecular weight excluding hydrogens is 196 g/mol. The molecule has 1 fully saturated rings. The van der Waals surface area contributed by atoms with E-state index in [4.69, 9.17) is 0 Å². The fraction of sp³-hybridized carbons (Fsp3) is 0.600. The summed E-state index contributed by atoms with van der Waals surface area (Å²) in [6.45, 7) is 2.08. The first-order chi connectivity index (χ1) is 7.75. The van der Waals surface area contributed by atoms with Crippen molar-refractivity contribution in [2.45, 2.75) is 51.6 Å². The van der Waals surface area contributed by atoms with Gasteiger partial charge in [-0.25, -0.2) is 0 Å². The smallest absolute Gasteiger partial charge is 0.0790 e. The number of benzene rings is 1. The second-order valence-electron chi connectivity index (χ2n) is 5.15. The van der Waals surface area contributed by atoms with Crippen LogP contribution in [0.4, 0.5) is 0 Å². The molecule has 1 atom stereocenters. The zero-order chi connectivity index (χ0) is 11.4. The molecule has 0 aliphatic heterocycles. The van der Waals surface area contributed by atoms with Crippen molar-refractivity contribution in [3.8, 4) is 0 Å². The SMILES string of the molecule is Cc1ccc(C(O)CCC2CCCC2)cc1. The minimum atomic E-state index is -0.263. The summed E-state index contributed by atoms with van der Waals surface area (Å²) in [5, 5.41) is 10.1. The number of hydrogen-bond donors (Lipinski definition) is 1. The second kappa shape index (κ2) is 5.49. The van der Waals surface area contributed by atoms with Gasteiger partial charge >= 0.3 is 0 Å². The molecule has 1 nitrogen and oxygen atoms in total. The summed E-state index contributed by atoms with van der Waals surface area (Å²) in [6.07, 6.45) is 7.39. The number of aliphatic hydroxyl groups is 1. The first-order valence-corrected chi connectivity index (χ1v) is 6.50. The van der Waals surface area contributed by atoms with E-state index in [0.717, 1.165) is 17.9 Å². The van der Waals surface area contributed by atoms with Crippen molar-refractivity contribution in [2.24, 2.45) is 5.92 Å². The van der Waals surface area contributed by atoms with Crippen LogP contribution in [-0.2, 0) is 0 Å². The first-order valence-electron chi connectivity index (χ1n) is 6.50. The van der Waals surface area contributed by atoms with Crippen molar-refractivity contribution < 1.29 is 5.11 Å². The lowest BCUT2D eigenvalue weighted by Gasteiger charge is -2.14. The molecule has 0 radical (unpaired) electrons. The van der Waals surface area contributed by atoms with Gasteiger partial charge in [-0.05, 0) is 31.2 Å². The highest BCUT2D eigenvalue weighted by molar-refractivity contribution is 5.22. The Kier molecular flexibility index (Phi) is 4.00.